The largest absolute Gasteiger partial charge is 0.322 e. The summed E-state index contributed by atoms with van der Waals surface area (Å²) in [7, 11) is -3.61. The molecule has 152 valence electrons. The first-order chi connectivity index (χ1) is 13.8. The van der Waals surface area contributed by atoms with Crippen molar-refractivity contribution in [2.45, 2.75) is 32.6 Å². The summed E-state index contributed by atoms with van der Waals surface area (Å²) in [6.45, 7) is 8.13. The Morgan fingerprint density at radius 2 is 1.59 bits per heavy atom. The number of hydrogen-bond donors (Lipinski definition) is 1. The van der Waals surface area contributed by atoms with E-state index in [1.807, 2.05) is 64.1 Å². The van der Waals surface area contributed by atoms with Crippen LogP contribution in [0.2, 0.25) is 0 Å². The molecule has 3 rings (SSSR count). The van der Waals surface area contributed by atoms with Gasteiger partial charge in [0.25, 0.3) is 5.91 Å². The Morgan fingerprint density at radius 1 is 0.931 bits per heavy atom. The monoisotopic (exact) mass is 410 g/mol. The van der Waals surface area contributed by atoms with Gasteiger partial charge < -0.3 is 5.32 Å². The fourth-order valence-electron chi connectivity index (χ4n) is 3.34. The van der Waals surface area contributed by atoms with Crippen LogP contribution in [0.1, 0.15) is 35.3 Å². The van der Waals surface area contributed by atoms with Crippen molar-refractivity contribution in [3.8, 4) is 0 Å². The highest BCUT2D eigenvalue weighted by molar-refractivity contribution is 7.89. The third kappa shape index (κ3) is 4.18. The van der Waals surface area contributed by atoms with E-state index in [9.17, 15) is 13.2 Å². The van der Waals surface area contributed by atoms with Crippen LogP contribution in [0.15, 0.2) is 59.5 Å². The van der Waals surface area contributed by atoms with Crippen molar-refractivity contribution in [1.29, 1.82) is 0 Å². The predicted octanol–water partition coefficient (Wildman–Crippen LogP) is 4.74. The zero-order valence-electron chi connectivity index (χ0n) is 17.2. The summed E-state index contributed by atoms with van der Waals surface area (Å²) in [5.74, 6) is -0.268. The van der Waals surface area contributed by atoms with Crippen molar-refractivity contribution in [1.82, 2.24) is 4.31 Å². The van der Waals surface area contributed by atoms with Crippen LogP contribution in [0.5, 0.6) is 0 Å². The summed E-state index contributed by atoms with van der Waals surface area (Å²) in [6, 6.07) is 16.6. The van der Waals surface area contributed by atoms with Crippen molar-refractivity contribution in [3.63, 3.8) is 0 Å². The lowest BCUT2D eigenvalue weighted by Gasteiger charge is -2.20. The molecule has 0 aliphatic heterocycles. The number of carbonyl (C=O) groups is 1. The zero-order valence-corrected chi connectivity index (χ0v) is 18.0. The van der Waals surface area contributed by atoms with Gasteiger partial charge in [-0.1, -0.05) is 44.2 Å². The number of aryl methyl sites for hydroxylation is 1. The Labute approximate surface area is 172 Å². The molecule has 0 aliphatic rings. The number of rotatable bonds is 6. The van der Waals surface area contributed by atoms with Crippen LogP contribution in [-0.4, -0.2) is 31.7 Å². The van der Waals surface area contributed by atoms with E-state index in [4.69, 9.17) is 0 Å². The summed E-state index contributed by atoms with van der Waals surface area (Å²) in [6.07, 6.45) is 0. The third-order valence-electron chi connectivity index (χ3n) is 5.24. The lowest BCUT2D eigenvalue weighted by atomic mass is 10.1. The first-order valence-corrected chi connectivity index (χ1v) is 11.1. The normalized spacial score (nSPS) is 11.8. The fraction of sp³-hybridized carbons (Fsp3) is 0.261. The molecule has 0 aromatic heterocycles. The minimum atomic E-state index is -3.61. The van der Waals surface area contributed by atoms with Crippen molar-refractivity contribution in [3.05, 3.63) is 71.3 Å². The molecule has 5 nitrogen and oxygen atoms in total. The molecule has 0 saturated heterocycles. The lowest BCUT2D eigenvalue weighted by Crippen LogP contribution is -2.30. The Morgan fingerprint density at radius 3 is 2.24 bits per heavy atom. The topological polar surface area (TPSA) is 66.5 Å². The summed E-state index contributed by atoms with van der Waals surface area (Å²) >= 11 is 0. The fourth-order valence-corrected chi connectivity index (χ4v) is 4.91. The number of anilines is 1. The first-order valence-electron chi connectivity index (χ1n) is 9.69. The molecular weight excluding hydrogens is 384 g/mol. The number of carbonyl (C=O) groups excluding carboxylic acids is 1. The van der Waals surface area contributed by atoms with Gasteiger partial charge in [0.15, 0.2) is 0 Å². The average Bonchev–Trinajstić information content (AvgIpc) is 2.71. The third-order valence-corrected chi connectivity index (χ3v) is 7.27. The molecule has 29 heavy (non-hydrogen) atoms. The maximum Gasteiger partial charge on any atom is 0.255 e. The van der Waals surface area contributed by atoms with E-state index >= 15 is 0 Å². The maximum absolute atomic E-state index is 12.9. The smallest absolute Gasteiger partial charge is 0.255 e. The van der Waals surface area contributed by atoms with Crippen LogP contribution in [0, 0.1) is 13.8 Å². The van der Waals surface area contributed by atoms with Crippen LogP contribution in [0.25, 0.3) is 10.8 Å². The van der Waals surface area contributed by atoms with Crippen LogP contribution < -0.4 is 5.32 Å². The van der Waals surface area contributed by atoms with Gasteiger partial charge in [0.1, 0.15) is 0 Å². The molecule has 0 bridgehead atoms. The van der Waals surface area contributed by atoms with Gasteiger partial charge in [-0.2, -0.15) is 4.31 Å². The van der Waals surface area contributed by atoms with Crippen LogP contribution in [0.3, 0.4) is 0 Å². The lowest BCUT2D eigenvalue weighted by molar-refractivity contribution is 0.102. The van der Waals surface area contributed by atoms with E-state index in [0.29, 0.717) is 24.3 Å². The van der Waals surface area contributed by atoms with Gasteiger partial charge in [-0.3, -0.25) is 4.79 Å². The molecule has 0 heterocycles. The number of hydrogen-bond acceptors (Lipinski definition) is 3. The van der Waals surface area contributed by atoms with Crippen molar-refractivity contribution in [2.24, 2.45) is 0 Å². The number of nitrogens with zero attached hydrogens (tertiary/aromatic N) is 1. The highest BCUT2D eigenvalue weighted by Gasteiger charge is 2.23. The minimum absolute atomic E-state index is 0.193. The van der Waals surface area contributed by atoms with Crippen LogP contribution in [0.4, 0.5) is 5.69 Å². The highest BCUT2D eigenvalue weighted by atomic mass is 32.2. The van der Waals surface area contributed by atoms with Crippen LogP contribution in [-0.2, 0) is 10.0 Å². The molecule has 0 fully saturated rings. The Kier molecular flexibility index (Phi) is 6.05. The standard InChI is InChI=1S/C23H26N2O3S/c1-5-25(6-2)29(27,28)21-13-16(3)17(4)22(15-21)24-23(26)20-12-11-18-9-7-8-10-19(18)14-20/h7-15H,5-6H2,1-4H3,(H,24,26). The molecular formula is C23H26N2O3S. The molecule has 3 aromatic rings. The van der Waals surface area contributed by atoms with E-state index in [2.05, 4.69) is 5.32 Å². The van der Waals surface area contributed by atoms with Gasteiger partial charge in [0.2, 0.25) is 10.0 Å². The summed E-state index contributed by atoms with van der Waals surface area (Å²) in [5, 5.41) is 4.93. The van der Waals surface area contributed by atoms with Gasteiger partial charge in [-0.05, 0) is 60.0 Å². The molecule has 3 aromatic carbocycles. The van der Waals surface area contributed by atoms with E-state index in [1.165, 1.54) is 4.31 Å². The van der Waals surface area contributed by atoms with Crippen molar-refractivity contribution in [2.75, 3.05) is 18.4 Å². The molecule has 0 radical (unpaired) electrons. The number of nitrogens with one attached hydrogen (secondary N) is 1. The van der Waals surface area contributed by atoms with E-state index in [0.717, 1.165) is 21.9 Å². The number of fused-ring (bicyclic) bond motifs is 1. The number of amides is 1. The molecule has 1 N–H and O–H groups in total. The number of sulfonamides is 1. The van der Waals surface area contributed by atoms with E-state index < -0.39 is 10.0 Å². The Balaban J connectivity index is 1.97. The maximum atomic E-state index is 12.9. The Bertz CT molecular complexity index is 1170. The summed E-state index contributed by atoms with van der Waals surface area (Å²) < 4.78 is 27.3. The van der Waals surface area contributed by atoms with E-state index in [1.54, 1.807) is 18.2 Å². The van der Waals surface area contributed by atoms with Gasteiger partial charge >= 0.3 is 0 Å². The molecule has 1 amide bonds. The van der Waals surface area contributed by atoms with E-state index in [-0.39, 0.29) is 10.8 Å². The SMILES string of the molecule is CCN(CC)S(=O)(=O)c1cc(C)c(C)c(NC(=O)c2ccc3ccccc3c2)c1. The second-order valence-corrected chi connectivity index (χ2v) is 8.96. The molecule has 0 saturated carbocycles. The average molecular weight is 411 g/mol. The van der Waals surface area contributed by atoms with Crippen molar-refractivity contribution < 1.29 is 13.2 Å². The summed E-state index contributed by atoms with van der Waals surface area (Å²) in [4.78, 5) is 13.1. The van der Waals surface area contributed by atoms with Gasteiger partial charge in [0, 0.05) is 24.3 Å². The van der Waals surface area contributed by atoms with Gasteiger partial charge in [0.05, 0.1) is 4.90 Å². The highest BCUT2D eigenvalue weighted by Crippen LogP contribution is 2.27. The predicted molar refractivity (Wildman–Crippen MR) is 118 cm³/mol. The van der Waals surface area contributed by atoms with Crippen LogP contribution >= 0.6 is 0 Å². The van der Waals surface area contributed by atoms with Crippen molar-refractivity contribution >= 4 is 32.4 Å². The molecule has 0 spiro atoms. The summed E-state index contributed by atoms with van der Waals surface area (Å²) in [5.41, 5.74) is 2.69. The molecule has 0 unspecified atom stereocenters. The molecule has 0 atom stereocenters. The van der Waals surface area contributed by atoms with Gasteiger partial charge in [-0.25, -0.2) is 8.42 Å². The number of benzene rings is 3. The molecule has 0 aliphatic carbocycles. The quantitative estimate of drug-likeness (QED) is 0.638. The zero-order chi connectivity index (χ0) is 21.2. The second-order valence-electron chi connectivity index (χ2n) is 7.02. The van der Waals surface area contributed by atoms with Gasteiger partial charge in [-0.15, -0.1) is 0 Å². The minimum Gasteiger partial charge on any atom is -0.322 e. The molecule has 6 heteroatoms. The Hall–Kier alpha value is -2.70. The second kappa shape index (κ2) is 8.35. The first kappa shape index (κ1) is 21.0.